The molecule has 9 heteroatoms. The minimum atomic E-state index is 0.215. The lowest BCUT2D eigenvalue weighted by molar-refractivity contribution is 0.0547. The summed E-state index contributed by atoms with van der Waals surface area (Å²) in [5, 5.41) is 10.0. The third-order valence-corrected chi connectivity index (χ3v) is 5.05. The van der Waals surface area contributed by atoms with Crippen LogP contribution in [0.3, 0.4) is 0 Å². The van der Waals surface area contributed by atoms with Gasteiger partial charge in [-0.2, -0.15) is 15.0 Å². The van der Waals surface area contributed by atoms with Gasteiger partial charge in [0.15, 0.2) is 0 Å². The van der Waals surface area contributed by atoms with Crippen LogP contribution >= 0.6 is 0 Å². The molecule has 5 N–H and O–H groups in total. The summed E-state index contributed by atoms with van der Waals surface area (Å²) in [5.41, 5.74) is 8.10. The zero-order valence-corrected chi connectivity index (χ0v) is 18.4. The van der Waals surface area contributed by atoms with Crippen LogP contribution in [0.4, 0.5) is 17.8 Å². The van der Waals surface area contributed by atoms with Crippen LogP contribution in [-0.2, 0) is 15.9 Å². The molecule has 1 aromatic heterocycles. The lowest BCUT2D eigenvalue weighted by Gasteiger charge is -2.16. The number of fused-ring (bicyclic) bond motifs is 1. The summed E-state index contributed by atoms with van der Waals surface area (Å²) >= 11 is 0. The third kappa shape index (κ3) is 7.61. The first kappa shape index (κ1) is 23.2. The van der Waals surface area contributed by atoms with Crippen LogP contribution in [0.1, 0.15) is 43.4 Å². The summed E-state index contributed by atoms with van der Waals surface area (Å²) in [7, 11) is 0. The summed E-state index contributed by atoms with van der Waals surface area (Å²) in [4.78, 5) is 13.7. The Morgan fingerprint density at radius 2 is 1.65 bits per heavy atom. The van der Waals surface area contributed by atoms with Crippen molar-refractivity contribution >= 4 is 17.8 Å². The minimum absolute atomic E-state index is 0.215. The molecule has 2 aromatic rings. The summed E-state index contributed by atoms with van der Waals surface area (Å²) < 4.78 is 10.9. The Labute approximate surface area is 184 Å². The van der Waals surface area contributed by atoms with E-state index < -0.39 is 0 Å². The van der Waals surface area contributed by atoms with Crippen LogP contribution in [0, 0.1) is 0 Å². The van der Waals surface area contributed by atoms with E-state index in [1.807, 2.05) is 0 Å². The molecule has 0 bridgehead atoms. The van der Waals surface area contributed by atoms with Crippen LogP contribution in [0.15, 0.2) is 24.3 Å². The molecule has 0 radical (unpaired) electrons. The van der Waals surface area contributed by atoms with E-state index in [2.05, 4.69) is 62.1 Å². The normalized spacial score (nSPS) is 15.0. The van der Waals surface area contributed by atoms with Gasteiger partial charge in [0.05, 0.1) is 32.5 Å². The van der Waals surface area contributed by atoms with Crippen molar-refractivity contribution in [1.29, 1.82) is 0 Å². The van der Waals surface area contributed by atoms with Gasteiger partial charge in [0.1, 0.15) is 0 Å². The van der Waals surface area contributed by atoms with Crippen molar-refractivity contribution in [3.63, 3.8) is 0 Å². The Bertz CT molecular complexity index is 790. The molecule has 3 rings (SSSR count). The first-order valence-electron chi connectivity index (χ1n) is 11.2. The second kappa shape index (κ2) is 13.0. The molecule has 1 aliphatic rings. The maximum Gasteiger partial charge on any atom is 0.229 e. The highest BCUT2D eigenvalue weighted by Gasteiger charge is 2.22. The molecule has 1 atom stereocenters. The molecule has 0 aliphatic heterocycles. The first-order valence-corrected chi connectivity index (χ1v) is 11.2. The van der Waals surface area contributed by atoms with Gasteiger partial charge < -0.3 is 31.2 Å². The van der Waals surface area contributed by atoms with Crippen molar-refractivity contribution in [2.45, 2.75) is 38.6 Å². The molecule has 0 amide bonds. The lowest BCUT2D eigenvalue weighted by Crippen LogP contribution is -2.18. The molecule has 1 heterocycles. The predicted molar refractivity (Wildman–Crippen MR) is 124 cm³/mol. The number of anilines is 3. The first-order chi connectivity index (χ1) is 15.3. The maximum atomic E-state index is 5.56. The zero-order chi connectivity index (χ0) is 21.7. The molecule has 170 valence electrons. The topological polar surface area (TPSA) is 119 Å². The number of aromatic nitrogens is 3. The third-order valence-electron chi connectivity index (χ3n) is 5.05. The maximum absolute atomic E-state index is 5.56. The quantitative estimate of drug-likeness (QED) is 0.317. The van der Waals surface area contributed by atoms with Gasteiger partial charge in [-0.15, -0.1) is 0 Å². The summed E-state index contributed by atoms with van der Waals surface area (Å²) in [6.45, 7) is 6.29. The molecule has 0 saturated heterocycles. The molecule has 1 aliphatic carbocycles. The summed E-state index contributed by atoms with van der Waals surface area (Å²) in [6.07, 6.45) is 4.27. The fraction of sp³-hybridized carbons (Fsp3) is 0.591. The largest absolute Gasteiger partial charge is 0.378 e. The molecular weight excluding hydrogens is 394 g/mol. The Kier molecular flexibility index (Phi) is 9.75. The summed E-state index contributed by atoms with van der Waals surface area (Å²) in [6, 6.07) is 8.75. The standard InChI is InChI=1S/C22H35N7O2/c1-2-3-11-24-20-27-21(25-12-14-31-16-15-30-13-10-23)29-22(28-20)26-19-9-8-17-6-4-5-7-18(17)19/h4-7,19H,2-3,8-16,23H2,1H3,(H3,24,25,26,27,28,29). The SMILES string of the molecule is CCCCNc1nc(NCCOCCOCCN)nc(NC2CCc3ccccc32)n1. The fourth-order valence-electron chi connectivity index (χ4n) is 3.48. The Morgan fingerprint density at radius 3 is 2.42 bits per heavy atom. The molecule has 0 spiro atoms. The molecule has 1 unspecified atom stereocenters. The molecule has 9 nitrogen and oxygen atoms in total. The van der Waals surface area contributed by atoms with Crippen LogP contribution < -0.4 is 21.7 Å². The van der Waals surface area contributed by atoms with Gasteiger partial charge >= 0.3 is 0 Å². The van der Waals surface area contributed by atoms with Gasteiger partial charge in [0.25, 0.3) is 0 Å². The number of aryl methyl sites for hydroxylation is 1. The second-order valence-electron chi connectivity index (χ2n) is 7.46. The smallest absolute Gasteiger partial charge is 0.229 e. The van der Waals surface area contributed by atoms with E-state index in [0.717, 1.165) is 32.2 Å². The Balaban J connectivity index is 1.56. The zero-order valence-electron chi connectivity index (χ0n) is 18.4. The average molecular weight is 430 g/mol. The number of unbranched alkanes of at least 4 members (excludes halogenated alkanes) is 1. The number of rotatable bonds is 15. The van der Waals surface area contributed by atoms with Gasteiger partial charge in [-0.25, -0.2) is 0 Å². The molecule has 31 heavy (non-hydrogen) atoms. The van der Waals surface area contributed by atoms with Crippen molar-refractivity contribution in [1.82, 2.24) is 15.0 Å². The van der Waals surface area contributed by atoms with Crippen LogP contribution in [0.25, 0.3) is 0 Å². The van der Waals surface area contributed by atoms with E-state index in [1.165, 1.54) is 11.1 Å². The molecule has 0 saturated carbocycles. The number of nitrogens with zero attached hydrogens (tertiary/aromatic N) is 3. The van der Waals surface area contributed by atoms with Crippen molar-refractivity contribution in [3.8, 4) is 0 Å². The number of hydrogen-bond acceptors (Lipinski definition) is 9. The van der Waals surface area contributed by atoms with Gasteiger partial charge in [-0.3, -0.25) is 0 Å². The van der Waals surface area contributed by atoms with Crippen LogP contribution in [0.2, 0.25) is 0 Å². The van der Waals surface area contributed by atoms with E-state index >= 15 is 0 Å². The number of hydrogen-bond donors (Lipinski definition) is 4. The van der Waals surface area contributed by atoms with Gasteiger partial charge in [-0.1, -0.05) is 37.6 Å². The van der Waals surface area contributed by atoms with Crippen LogP contribution in [0.5, 0.6) is 0 Å². The van der Waals surface area contributed by atoms with Gasteiger partial charge in [-0.05, 0) is 30.4 Å². The fourth-order valence-corrected chi connectivity index (χ4v) is 3.48. The molecular formula is C22H35N7O2. The average Bonchev–Trinajstić information content (AvgIpc) is 3.18. The van der Waals surface area contributed by atoms with E-state index in [9.17, 15) is 0 Å². The number of nitrogens with two attached hydrogens (primary N) is 1. The lowest BCUT2D eigenvalue weighted by atomic mass is 10.1. The van der Waals surface area contributed by atoms with Gasteiger partial charge in [0.2, 0.25) is 17.8 Å². The predicted octanol–water partition coefficient (Wildman–Crippen LogP) is 2.59. The van der Waals surface area contributed by atoms with E-state index in [-0.39, 0.29) is 6.04 Å². The van der Waals surface area contributed by atoms with Crippen molar-refractivity contribution in [3.05, 3.63) is 35.4 Å². The summed E-state index contributed by atoms with van der Waals surface area (Å²) in [5.74, 6) is 1.69. The highest BCUT2D eigenvalue weighted by Crippen LogP contribution is 2.33. The van der Waals surface area contributed by atoms with Crippen molar-refractivity contribution < 1.29 is 9.47 Å². The van der Waals surface area contributed by atoms with E-state index in [4.69, 9.17) is 15.2 Å². The molecule has 0 fully saturated rings. The highest BCUT2D eigenvalue weighted by molar-refractivity contribution is 5.46. The van der Waals surface area contributed by atoms with Crippen LogP contribution in [-0.4, -0.2) is 61.0 Å². The highest BCUT2D eigenvalue weighted by atomic mass is 16.5. The second-order valence-corrected chi connectivity index (χ2v) is 7.46. The number of nitrogens with one attached hydrogen (secondary N) is 3. The van der Waals surface area contributed by atoms with Crippen molar-refractivity contribution in [2.75, 3.05) is 62.0 Å². The van der Waals surface area contributed by atoms with E-state index in [1.54, 1.807) is 0 Å². The Morgan fingerprint density at radius 1 is 0.935 bits per heavy atom. The number of ether oxygens (including phenoxy) is 2. The Hall–Kier alpha value is -2.49. The van der Waals surface area contributed by atoms with Gasteiger partial charge in [0, 0.05) is 19.6 Å². The molecule has 1 aromatic carbocycles. The minimum Gasteiger partial charge on any atom is -0.378 e. The monoisotopic (exact) mass is 429 g/mol. The number of benzene rings is 1. The van der Waals surface area contributed by atoms with Crippen molar-refractivity contribution in [2.24, 2.45) is 5.73 Å². The van der Waals surface area contributed by atoms with E-state index in [0.29, 0.717) is 57.4 Å².